The fraction of sp³-hybridized carbons (Fsp3) is 0.708. The molecule has 0 aliphatic heterocycles. The van der Waals surface area contributed by atoms with Gasteiger partial charge in [-0.05, 0) is 18.8 Å². The van der Waals surface area contributed by atoms with Gasteiger partial charge in [-0.25, -0.2) is 9.18 Å². The highest BCUT2D eigenvalue weighted by atomic mass is 19.1. The predicted molar refractivity (Wildman–Crippen MR) is 128 cm³/mol. The van der Waals surface area contributed by atoms with Crippen LogP contribution in [0.3, 0.4) is 0 Å². The highest BCUT2D eigenvalue weighted by molar-refractivity contribution is 6.44. The van der Waals surface area contributed by atoms with Gasteiger partial charge in [0.05, 0.1) is 12.7 Å². The summed E-state index contributed by atoms with van der Waals surface area (Å²) in [5, 5.41) is 11.6. The molecule has 0 spiro atoms. The highest BCUT2D eigenvalue weighted by Gasteiger charge is 2.54. The number of ether oxygens (including phenoxy) is 2. The summed E-state index contributed by atoms with van der Waals surface area (Å²) >= 11 is 0. The van der Waals surface area contributed by atoms with Crippen LogP contribution >= 0.6 is 0 Å². The molecule has 1 aromatic heterocycles. The van der Waals surface area contributed by atoms with Crippen LogP contribution in [0.2, 0.25) is 0 Å². The third-order valence-corrected chi connectivity index (χ3v) is 6.67. The van der Waals surface area contributed by atoms with Crippen molar-refractivity contribution >= 4 is 29.5 Å². The molecule has 12 heteroatoms. The number of hydrogen-bond acceptors (Lipinski definition) is 7. The minimum absolute atomic E-state index is 0.0645. The largest absolute Gasteiger partial charge is 0.449 e. The van der Waals surface area contributed by atoms with E-state index in [1.54, 1.807) is 13.2 Å². The van der Waals surface area contributed by atoms with E-state index in [9.17, 15) is 19.2 Å². The van der Waals surface area contributed by atoms with Crippen molar-refractivity contribution < 1.29 is 33.0 Å². The molecule has 0 saturated heterocycles. The van der Waals surface area contributed by atoms with E-state index in [1.807, 2.05) is 13.8 Å². The summed E-state index contributed by atoms with van der Waals surface area (Å²) in [6.45, 7) is 3.86. The molecule has 200 valence electrons. The Morgan fingerprint density at radius 3 is 2.44 bits per heavy atom. The molecule has 2 aliphatic carbocycles. The van der Waals surface area contributed by atoms with Gasteiger partial charge in [-0.15, -0.1) is 0 Å². The second-order valence-corrected chi connectivity index (χ2v) is 10.2. The van der Waals surface area contributed by atoms with E-state index in [1.165, 1.54) is 17.9 Å². The summed E-state index contributed by atoms with van der Waals surface area (Å²) in [5.41, 5.74) is -3.16. The summed E-state index contributed by atoms with van der Waals surface area (Å²) in [5.74, 6) is -2.30. The zero-order chi connectivity index (χ0) is 26.5. The molecule has 2 aliphatic rings. The Labute approximate surface area is 209 Å². The number of Topliss-reactive ketones (excluding diaryl/α,β-unsaturated/α-hetero) is 1. The quantitative estimate of drug-likeness (QED) is 0.388. The first kappa shape index (κ1) is 27.6. The Balaban J connectivity index is 1.75. The first-order valence-electron chi connectivity index (χ1n) is 12.3. The number of amides is 3. The third-order valence-electron chi connectivity index (χ3n) is 6.67. The summed E-state index contributed by atoms with van der Waals surface area (Å²) < 4.78 is 27.2. The number of nitrogens with one attached hydrogen (secondary N) is 3. The number of ketones is 1. The van der Waals surface area contributed by atoms with Gasteiger partial charge in [0.25, 0.3) is 5.91 Å². The maximum atomic E-state index is 15.3. The van der Waals surface area contributed by atoms with Gasteiger partial charge in [-0.3, -0.25) is 19.1 Å². The molecular weight excluding hydrogens is 473 g/mol. The van der Waals surface area contributed by atoms with Crippen LogP contribution in [0.1, 0.15) is 58.8 Å². The van der Waals surface area contributed by atoms with Crippen molar-refractivity contribution in [3.05, 3.63) is 12.3 Å². The van der Waals surface area contributed by atoms with E-state index in [-0.39, 0.29) is 56.6 Å². The molecular formula is C24H36FN5O6. The van der Waals surface area contributed by atoms with Gasteiger partial charge in [0.1, 0.15) is 17.2 Å². The number of anilines is 1. The molecule has 0 unspecified atom stereocenters. The highest BCUT2D eigenvalue weighted by Crippen LogP contribution is 2.38. The number of rotatable bonds is 11. The molecule has 36 heavy (non-hydrogen) atoms. The zero-order valence-corrected chi connectivity index (χ0v) is 21.3. The topological polar surface area (TPSA) is 141 Å². The van der Waals surface area contributed by atoms with E-state index >= 15 is 4.39 Å². The van der Waals surface area contributed by atoms with Crippen molar-refractivity contribution in [2.45, 2.75) is 82.1 Å². The molecule has 0 bridgehead atoms. The first-order chi connectivity index (χ1) is 16.9. The van der Waals surface area contributed by atoms with Crippen LogP contribution in [-0.2, 0) is 30.9 Å². The number of halogens is 1. The average Bonchev–Trinajstić information content (AvgIpc) is 3.41. The Kier molecular flexibility index (Phi) is 8.70. The smallest absolute Gasteiger partial charge is 0.407 e. The zero-order valence-electron chi connectivity index (χ0n) is 21.3. The lowest BCUT2D eigenvalue weighted by Crippen LogP contribution is -2.69. The molecule has 1 atom stereocenters. The van der Waals surface area contributed by atoms with Crippen molar-refractivity contribution in [2.24, 2.45) is 13.0 Å². The molecule has 1 aromatic rings. The summed E-state index contributed by atoms with van der Waals surface area (Å²) in [6, 6.07) is 0.248. The van der Waals surface area contributed by atoms with E-state index < -0.39 is 40.9 Å². The lowest BCUT2D eigenvalue weighted by Gasteiger charge is -2.46. The average molecular weight is 510 g/mol. The van der Waals surface area contributed by atoms with Gasteiger partial charge < -0.3 is 25.4 Å². The first-order valence-corrected chi connectivity index (χ1v) is 12.3. The van der Waals surface area contributed by atoms with Gasteiger partial charge in [0, 0.05) is 45.7 Å². The van der Waals surface area contributed by atoms with Crippen LogP contribution in [0.5, 0.6) is 0 Å². The predicted octanol–water partition coefficient (Wildman–Crippen LogP) is 2.01. The third kappa shape index (κ3) is 6.80. The lowest BCUT2D eigenvalue weighted by atomic mass is 9.70. The SMILES string of the molecule is COC1CC(NC(=O)[C@H](CC2(F)CCCC2)NC(=O)OCC(C)C)(C(=O)C(=O)Nc2ccn(C)n2)C1. The minimum Gasteiger partial charge on any atom is -0.449 e. The molecule has 3 rings (SSSR count). The standard InChI is InChI=1S/C24H36FN5O6/c1-15(2)14-36-22(34)26-17(13-23(25)8-5-6-9-23)20(32)28-24(11-16(12-24)35-4)19(31)21(33)27-18-7-10-30(3)29-18/h7,10,15-17H,5-6,8-9,11-14H2,1-4H3,(H,26,34)(H,28,32)(H,27,29,33)/t16?,17-,24?/m0/s1. The summed E-state index contributed by atoms with van der Waals surface area (Å²) in [7, 11) is 3.13. The van der Waals surface area contributed by atoms with Crippen molar-refractivity contribution in [3.63, 3.8) is 0 Å². The second-order valence-electron chi connectivity index (χ2n) is 10.2. The summed E-state index contributed by atoms with van der Waals surface area (Å²) in [4.78, 5) is 51.6. The Hall–Kier alpha value is -3.02. The molecule has 3 amide bonds. The number of methoxy groups -OCH3 is 1. The van der Waals surface area contributed by atoms with E-state index in [2.05, 4.69) is 21.0 Å². The lowest BCUT2D eigenvalue weighted by molar-refractivity contribution is -0.149. The number of carbonyl (C=O) groups excluding carboxylic acids is 4. The normalized spacial score (nSPS) is 23.4. The Morgan fingerprint density at radius 2 is 1.89 bits per heavy atom. The number of aryl methyl sites for hydroxylation is 1. The number of aromatic nitrogens is 2. The number of hydrogen-bond donors (Lipinski definition) is 3. The van der Waals surface area contributed by atoms with Gasteiger partial charge in [-0.2, -0.15) is 5.10 Å². The van der Waals surface area contributed by atoms with E-state index in [4.69, 9.17) is 9.47 Å². The maximum Gasteiger partial charge on any atom is 0.407 e. The van der Waals surface area contributed by atoms with Crippen LogP contribution in [-0.4, -0.2) is 70.5 Å². The van der Waals surface area contributed by atoms with Crippen molar-refractivity contribution in [3.8, 4) is 0 Å². The van der Waals surface area contributed by atoms with E-state index in [0.717, 1.165) is 0 Å². The molecule has 2 saturated carbocycles. The number of nitrogens with zero attached hydrogens (tertiary/aromatic N) is 2. The molecule has 0 aromatic carbocycles. The molecule has 0 radical (unpaired) electrons. The number of carbonyl (C=O) groups is 4. The fourth-order valence-corrected chi connectivity index (χ4v) is 4.64. The molecule has 11 nitrogen and oxygen atoms in total. The van der Waals surface area contributed by atoms with Crippen LogP contribution in [0, 0.1) is 5.92 Å². The van der Waals surface area contributed by atoms with Gasteiger partial charge in [-0.1, -0.05) is 26.7 Å². The fourth-order valence-electron chi connectivity index (χ4n) is 4.64. The Bertz CT molecular complexity index is 968. The molecule has 2 fully saturated rings. The van der Waals surface area contributed by atoms with Crippen LogP contribution in [0.15, 0.2) is 12.3 Å². The van der Waals surface area contributed by atoms with E-state index in [0.29, 0.717) is 12.8 Å². The molecule has 1 heterocycles. The summed E-state index contributed by atoms with van der Waals surface area (Å²) in [6.07, 6.45) is 2.22. The monoisotopic (exact) mass is 509 g/mol. The second kappa shape index (κ2) is 11.4. The minimum atomic E-state index is -1.62. The molecule has 3 N–H and O–H groups in total. The van der Waals surface area contributed by atoms with Crippen LogP contribution < -0.4 is 16.0 Å². The maximum absolute atomic E-state index is 15.3. The Morgan fingerprint density at radius 1 is 1.22 bits per heavy atom. The van der Waals surface area contributed by atoms with Crippen LogP contribution in [0.4, 0.5) is 15.0 Å². The van der Waals surface area contributed by atoms with Gasteiger partial charge >= 0.3 is 6.09 Å². The van der Waals surface area contributed by atoms with Crippen molar-refractivity contribution in [1.29, 1.82) is 0 Å². The number of alkyl carbamates (subject to hydrolysis) is 1. The van der Waals surface area contributed by atoms with Crippen molar-refractivity contribution in [2.75, 3.05) is 19.0 Å². The number of alkyl halides is 1. The van der Waals surface area contributed by atoms with Crippen LogP contribution in [0.25, 0.3) is 0 Å². The van der Waals surface area contributed by atoms with Gasteiger partial charge in [0.2, 0.25) is 11.7 Å². The van der Waals surface area contributed by atoms with Gasteiger partial charge in [0.15, 0.2) is 5.82 Å². The van der Waals surface area contributed by atoms with Crippen molar-refractivity contribution in [1.82, 2.24) is 20.4 Å².